The van der Waals surface area contributed by atoms with Gasteiger partial charge in [-0.2, -0.15) is 0 Å². The molecule has 3 aromatic carbocycles. The lowest BCUT2D eigenvalue weighted by Gasteiger charge is -2.28. The second-order valence-corrected chi connectivity index (χ2v) is 11.2. The number of ether oxygens (including phenoxy) is 2. The van der Waals surface area contributed by atoms with E-state index >= 15 is 0 Å². The van der Waals surface area contributed by atoms with Gasteiger partial charge in [0.15, 0.2) is 0 Å². The van der Waals surface area contributed by atoms with Gasteiger partial charge in [0, 0.05) is 11.1 Å². The number of rotatable bonds is 10. The Bertz CT molecular complexity index is 1380. The highest BCUT2D eigenvalue weighted by Gasteiger charge is 2.46. The van der Waals surface area contributed by atoms with Crippen LogP contribution in [-0.4, -0.2) is 33.9 Å². The standard InChI is InChI=1S/C34H39NO5/c1-6-7-10-20-39-27-18-16-24(17-19-27)31(36)29-30(25-14-11-12-23(2)21-25)35(33(38)32(29)37)22-26-13-8-9-15-28(26)40-34(3,4)5/h8-9,11-19,21,30,36H,6-7,10,20,22H2,1-5H3/b31-29+. The van der Waals surface area contributed by atoms with Crippen LogP contribution in [0.15, 0.2) is 78.4 Å². The van der Waals surface area contributed by atoms with Crippen molar-refractivity contribution in [3.63, 3.8) is 0 Å². The zero-order valence-electron chi connectivity index (χ0n) is 24.1. The molecule has 1 aliphatic heterocycles. The van der Waals surface area contributed by atoms with Gasteiger partial charge in [0.1, 0.15) is 22.9 Å². The van der Waals surface area contributed by atoms with E-state index in [4.69, 9.17) is 9.47 Å². The molecule has 0 radical (unpaired) electrons. The van der Waals surface area contributed by atoms with E-state index in [1.54, 1.807) is 24.3 Å². The van der Waals surface area contributed by atoms with Crippen LogP contribution >= 0.6 is 0 Å². The molecule has 0 saturated carbocycles. The summed E-state index contributed by atoms with van der Waals surface area (Å²) in [5, 5.41) is 11.5. The average Bonchev–Trinajstić information content (AvgIpc) is 3.16. The smallest absolute Gasteiger partial charge is 0.295 e. The maximum atomic E-state index is 13.5. The van der Waals surface area contributed by atoms with Crippen LogP contribution in [-0.2, 0) is 16.1 Å². The van der Waals surface area contributed by atoms with E-state index in [-0.39, 0.29) is 17.9 Å². The number of unbranched alkanes of at least 4 members (excludes halogenated alkanes) is 2. The zero-order valence-corrected chi connectivity index (χ0v) is 24.1. The number of carbonyl (C=O) groups excluding carboxylic acids is 2. The molecule has 4 rings (SSSR count). The summed E-state index contributed by atoms with van der Waals surface area (Å²) >= 11 is 0. The predicted molar refractivity (Wildman–Crippen MR) is 157 cm³/mol. The number of amides is 1. The number of hydrogen-bond donors (Lipinski definition) is 1. The molecule has 1 amide bonds. The number of Topliss-reactive ketones (excluding diaryl/α,β-unsaturated/α-hetero) is 1. The Kier molecular flexibility index (Phi) is 8.98. The Morgan fingerprint density at radius 2 is 1.68 bits per heavy atom. The Balaban J connectivity index is 1.73. The minimum Gasteiger partial charge on any atom is -0.507 e. The molecule has 1 aliphatic rings. The highest BCUT2D eigenvalue weighted by atomic mass is 16.5. The molecular formula is C34H39NO5. The SMILES string of the molecule is CCCCCOc1ccc(/C(O)=C2\C(=O)C(=O)N(Cc3ccccc3OC(C)(C)C)C2c2cccc(C)c2)cc1. The van der Waals surface area contributed by atoms with E-state index < -0.39 is 23.3 Å². The van der Waals surface area contributed by atoms with Crippen molar-refractivity contribution < 1.29 is 24.2 Å². The van der Waals surface area contributed by atoms with Gasteiger partial charge in [-0.25, -0.2) is 0 Å². The number of hydrogen-bond acceptors (Lipinski definition) is 5. The van der Waals surface area contributed by atoms with E-state index in [9.17, 15) is 14.7 Å². The minimum atomic E-state index is -0.757. The maximum absolute atomic E-state index is 13.5. The molecule has 1 saturated heterocycles. The fraction of sp³-hybridized carbons (Fsp3) is 0.353. The lowest BCUT2D eigenvalue weighted by atomic mass is 9.94. The molecule has 1 fully saturated rings. The van der Waals surface area contributed by atoms with Gasteiger partial charge in [-0.1, -0.05) is 67.8 Å². The summed E-state index contributed by atoms with van der Waals surface area (Å²) in [4.78, 5) is 28.6. The van der Waals surface area contributed by atoms with Gasteiger partial charge < -0.3 is 19.5 Å². The van der Waals surface area contributed by atoms with Crippen LogP contribution in [0.2, 0.25) is 0 Å². The molecule has 40 heavy (non-hydrogen) atoms. The van der Waals surface area contributed by atoms with Gasteiger partial charge in [-0.15, -0.1) is 0 Å². The quantitative estimate of drug-likeness (QED) is 0.126. The summed E-state index contributed by atoms with van der Waals surface area (Å²) in [5.41, 5.74) is 2.61. The molecule has 1 unspecified atom stereocenters. The Morgan fingerprint density at radius 1 is 0.950 bits per heavy atom. The van der Waals surface area contributed by atoms with Gasteiger partial charge in [-0.3, -0.25) is 9.59 Å². The van der Waals surface area contributed by atoms with Crippen LogP contribution in [0.4, 0.5) is 0 Å². The van der Waals surface area contributed by atoms with Crippen molar-refractivity contribution >= 4 is 17.4 Å². The van der Waals surface area contributed by atoms with Crippen molar-refractivity contribution in [2.75, 3.05) is 6.61 Å². The van der Waals surface area contributed by atoms with Gasteiger partial charge >= 0.3 is 0 Å². The van der Waals surface area contributed by atoms with Crippen LogP contribution < -0.4 is 9.47 Å². The summed E-state index contributed by atoms with van der Waals surface area (Å²) in [5.74, 6) is -0.232. The Labute approximate surface area is 237 Å². The lowest BCUT2D eigenvalue weighted by molar-refractivity contribution is -0.140. The highest BCUT2D eigenvalue weighted by Crippen LogP contribution is 2.41. The number of nitrogens with zero attached hydrogens (tertiary/aromatic N) is 1. The van der Waals surface area contributed by atoms with Crippen LogP contribution in [0.3, 0.4) is 0 Å². The third-order valence-corrected chi connectivity index (χ3v) is 6.77. The van der Waals surface area contributed by atoms with Crippen LogP contribution in [0.25, 0.3) is 5.76 Å². The van der Waals surface area contributed by atoms with Crippen LogP contribution in [0, 0.1) is 6.92 Å². The third-order valence-electron chi connectivity index (χ3n) is 6.77. The summed E-state index contributed by atoms with van der Waals surface area (Å²) in [6.45, 7) is 10.8. The molecule has 1 N–H and O–H groups in total. The van der Waals surface area contributed by atoms with Crippen LogP contribution in [0.5, 0.6) is 11.5 Å². The van der Waals surface area contributed by atoms with Crippen molar-refractivity contribution in [1.82, 2.24) is 4.90 Å². The number of likely N-dealkylation sites (tertiary alicyclic amines) is 1. The van der Waals surface area contributed by atoms with E-state index in [1.165, 1.54) is 4.90 Å². The number of carbonyl (C=O) groups is 2. The Morgan fingerprint density at radius 3 is 2.35 bits per heavy atom. The second-order valence-electron chi connectivity index (χ2n) is 11.2. The van der Waals surface area contributed by atoms with Gasteiger partial charge in [-0.05, 0) is 70.0 Å². The van der Waals surface area contributed by atoms with Crippen molar-refractivity contribution in [2.45, 2.75) is 72.1 Å². The molecule has 0 spiro atoms. The van der Waals surface area contributed by atoms with E-state index in [0.717, 1.165) is 36.0 Å². The number of aryl methyl sites for hydroxylation is 1. The van der Waals surface area contributed by atoms with Crippen molar-refractivity contribution in [2.24, 2.45) is 0 Å². The fourth-order valence-corrected chi connectivity index (χ4v) is 4.88. The third kappa shape index (κ3) is 6.74. The van der Waals surface area contributed by atoms with Crippen molar-refractivity contribution in [3.05, 3.63) is 101 Å². The molecule has 1 atom stereocenters. The number of para-hydroxylation sites is 1. The van der Waals surface area contributed by atoms with Gasteiger partial charge in [0.25, 0.3) is 11.7 Å². The molecule has 0 aromatic heterocycles. The molecule has 1 heterocycles. The summed E-state index contributed by atoms with van der Waals surface area (Å²) < 4.78 is 12.0. The summed E-state index contributed by atoms with van der Waals surface area (Å²) in [6, 6.07) is 21.4. The molecule has 3 aromatic rings. The predicted octanol–water partition coefficient (Wildman–Crippen LogP) is 7.36. The lowest BCUT2D eigenvalue weighted by Crippen LogP contribution is -2.30. The first-order valence-corrected chi connectivity index (χ1v) is 13.9. The molecule has 210 valence electrons. The molecular weight excluding hydrogens is 502 g/mol. The summed E-state index contributed by atoms with van der Waals surface area (Å²) in [6.07, 6.45) is 3.19. The molecule has 0 aliphatic carbocycles. The minimum absolute atomic E-state index is 0.0708. The Hall–Kier alpha value is -4.06. The second kappa shape index (κ2) is 12.4. The van der Waals surface area contributed by atoms with Crippen LogP contribution in [0.1, 0.15) is 75.3 Å². The van der Waals surface area contributed by atoms with Crippen molar-refractivity contribution in [1.29, 1.82) is 0 Å². The fourth-order valence-electron chi connectivity index (χ4n) is 4.88. The van der Waals surface area contributed by atoms with E-state index in [0.29, 0.717) is 23.7 Å². The van der Waals surface area contributed by atoms with E-state index in [2.05, 4.69) is 6.92 Å². The van der Waals surface area contributed by atoms with Gasteiger partial charge in [0.2, 0.25) is 0 Å². The first-order valence-electron chi connectivity index (χ1n) is 13.9. The maximum Gasteiger partial charge on any atom is 0.295 e. The van der Waals surface area contributed by atoms with Crippen molar-refractivity contribution in [3.8, 4) is 11.5 Å². The van der Waals surface area contributed by atoms with Gasteiger partial charge in [0.05, 0.1) is 24.8 Å². The number of benzene rings is 3. The molecule has 6 nitrogen and oxygen atoms in total. The first kappa shape index (κ1) is 28.9. The molecule has 6 heteroatoms. The number of ketones is 1. The van der Waals surface area contributed by atoms with E-state index in [1.807, 2.05) is 76.2 Å². The normalized spacial score (nSPS) is 16.8. The zero-order chi connectivity index (χ0) is 28.9. The monoisotopic (exact) mass is 541 g/mol. The number of aliphatic hydroxyl groups excluding tert-OH is 1. The highest BCUT2D eigenvalue weighted by molar-refractivity contribution is 6.46. The molecule has 0 bridgehead atoms. The topological polar surface area (TPSA) is 76.1 Å². The average molecular weight is 542 g/mol. The number of aliphatic hydroxyl groups is 1. The first-order chi connectivity index (χ1) is 19.1. The summed E-state index contributed by atoms with van der Waals surface area (Å²) in [7, 11) is 0. The largest absolute Gasteiger partial charge is 0.507 e.